The maximum atomic E-state index is 11.8. The van der Waals surface area contributed by atoms with E-state index in [9.17, 15) is 4.79 Å². The Labute approximate surface area is 135 Å². The molecule has 0 aliphatic rings. The van der Waals surface area contributed by atoms with E-state index >= 15 is 0 Å². The number of nitrogens with one attached hydrogen (secondary N) is 2. The first-order chi connectivity index (χ1) is 10.1. The number of halogens is 1. The first kappa shape index (κ1) is 18.0. The number of carbonyl (C=O) groups excluding carboxylic acids is 1. The third kappa shape index (κ3) is 6.96. The standard InChI is InChI=1S/C16H25BrN2O2/c1-4-6-12(3)19-16(20)11-21-15-8-7-13(9-14(15)17)10-18-5-2/h7-9,12,18H,4-6,10-11H2,1-3H3,(H,19,20). The zero-order chi connectivity index (χ0) is 15.7. The quantitative estimate of drug-likeness (QED) is 0.713. The van der Waals surface area contributed by atoms with Gasteiger partial charge < -0.3 is 15.4 Å². The largest absolute Gasteiger partial charge is 0.483 e. The van der Waals surface area contributed by atoms with Gasteiger partial charge in [-0.05, 0) is 53.5 Å². The van der Waals surface area contributed by atoms with Gasteiger partial charge >= 0.3 is 0 Å². The lowest BCUT2D eigenvalue weighted by Crippen LogP contribution is -2.35. The molecule has 0 aliphatic carbocycles. The minimum atomic E-state index is -0.0837. The van der Waals surface area contributed by atoms with E-state index in [1.54, 1.807) is 0 Å². The molecule has 0 saturated carbocycles. The van der Waals surface area contributed by atoms with Crippen LogP contribution in [0.1, 0.15) is 39.2 Å². The lowest BCUT2D eigenvalue weighted by Gasteiger charge is -2.14. The van der Waals surface area contributed by atoms with Crippen LogP contribution in [0.15, 0.2) is 22.7 Å². The fraction of sp³-hybridized carbons (Fsp3) is 0.562. The van der Waals surface area contributed by atoms with Crippen molar-refractivity contribution in [1.29, 1.82) is 0 Å². The molecule has 0 radical (unpaired) electrons. The molecular formula is C16H25BrN2O2. The van der Waals surface area contributed by atoms with Gasteiger partial charge in [-0.15, -0.1) is 0 Å². The second-order valence-electron chi connectivity index (χ2n) is 5.09. The maximum Gasteiger partial charge on any atom is 0.258 e. The molecule has 1 atom stereocenters. The first-order valence-corrected chi connectivity index (χ1v) is 8.27. The topological polar surface area (TPSA) is 50.4 Å². The van der Waals surface area contributed by atoms with Gasteiger partial charge in [-0.3, -0.25) is 4.79 Å². The zero-order valence-electron chi connectivity index (χ0n) is 13.0. The van der Waals surface area contributed by atoms with Crippen LogP contribution in [0, 0.1) is 0 Å². The average Bonchev–Trinajstić information content (AvgIpc) is 2.44. The number of amides is 1. The van der Waals surface area contributed by atoms with Gasteiger partial charge in [0.25, 0.3) is 5.91 Å². The summed E-state index contributed by atoms with van der Waals surface area (Å²) in [5, 5.41) is 6.19. The number of carbonyl (C=O) groups is 1. The Morgan fingerprint density at radius 2 is 2.14 bits per heavy atom. The van der Waals surface area contributed by atoms with E-state index < -0.39 is 0 Å². The summed E-state index contributed by atoms with van der Waals surface area (Å²) in [5.74, 6) is 0.605. The first-order valence-electron chi connectivity index (χ1n) is 7.48. The normalized spacial score (nSPS) is 12.0. The fourth-order valence-electron chi connectivity index (χ4n) is 2.01. The van der Waals surface area contributed by atoms with E-state index in [0.717, 1.165) is 30.4 Å². The van der Waals surface area contributed by atoms with Crippen molar-refractivity contribution >= 4 is 21.8 Å². The van der Waals surface area contributed by atoms with Crippen molar-refractivity contribution in [2.45, 2.75) is 46.2 Å². The van der Waals surface area contributed by atoms with Crippen LogP contribution < -0.4 is 15.4 Å². The molecule has 0 spiro atoms. The van der Waals surface area contributed by atoms with E-state index in [4.69, 9.17) is 4.74 Å². The highest BCUT2D eigenvalue weighted by Crippen LogP contribution is 2.25. The monoisotopic (exact) mass is 356 g/mol. The maximum absolute atomic E-state index is 11.8. The fourth-order valence-corrected chi connectivity index (χ4v) is 2.55. The summed E-state index contributed by atoms with van der Waals surface area (Å²) in [7, 11) is 0. The lowest BCUT2D eigenvalue weighted by atomic mass is 10.2. The highest BCUT2D eigenvalue weighted by atomic mass is 79.9. The van der Waals surface area contributed by atoms with Crippen molar-refractivity contribution in [1.82, 2.24) is 10.6 Å². The second kappa shape index (κ2) is 9.79. The van der Waals surface area contributed by atoms with E-state index in [0.29, 0.717) is 5.75 Å². The van der Waals surface area contributed by atoms with Gasteiger partial charge in [0, 0.05) is 12.6 Å². The lowest BCUT2D eigenvalue weighted by molar-refractivity contribution is -0.123. The Morgan fingerprint density at radius 1 is 1.38 bits per heavy atom. The summed E-state index contributed by atoms with van der Waals surface area (Å²) in [4.78, 5) is 11.8. The molecule has 0 fully saturated rings. The Morgan fingerprint density at radius 3 is 2.76 bits per heavy atom. The van der Waals surface area contributed by atoms with Gasteiger partial charge in [0.1, 0.15) is 5.75 Å². The van der Waals surface area contributed by atoms with Gasteiger partial charge in [-0.2, -0.15) is 0 Å². The molecule has 0 heterocycles. The molecule has 21 heavy (non-hydrogen) atoms. The Balaban J connectivity index is 2.46. The predicted octanol–water partition coefficient (Wildman–Crippen LogP) is 3.24. The number of rotatable bonds is 9. The predicted molar refractivity (Wildman–Crippen MR) is 89.5 cm³/mol. The van der Waals surface area contributed by atoms with Gasteiger partial charge in [-0.1, -0.05) is 26.3 Å². The molecule has 1 aromatic carbocycles. The van der Waals surface area contributed by atoms with Crippen molar-refractivity contribution in [2.24, 2.45) is 0 Å². The third-order valence-electron chi connectivity index (χ3n) is 3.06. The Hall–Kier alpha value is -1.07. The minimum Gasteiger partial charge on any atom is -0.483 e. The Bertz CT molecular complexity index is 452. The molecule has 0 bridgehead atoms. The summed E-state index contributed by atoms with van der Waals surface area (Å²) < 4.78 is 6.43. The molecule has 118 valence electrons. The summed E-state index contributed by atoms with van der Waals surface area (Å²) in [5.41, 5.74) is 1.18. The average molecular weight is 357 g/mol. The van der Waals surface area contributed by atoms with Crippen molar-refractivity contribution in [3.8, 4) is 5.75 Å². The molecule has 1 rings (SSSR count). The van der Waals surface area contributed by atoms with E-state index in [2.05, 4.69) is 40.4 Å². The van der Waals surface area contributed by atoms with Crippen molar-refractivity contribution in [3.05, 3.63) is 28.2 Å². The van der Waals surface area contributed by atoms with Crippen LogP contribution in [-0.2, 0) is 11.3 Å². The van der Waals surface area contributed by atoms with Crippen LogP contribution in [0.2, 0.25) is 0 Å². The molecular weight excluding hydrogens is 332 g/mol. The smallest absolute Gasteiger partial charge is 0.258 e. The summed E-state index contributed by atoms with van der Waals surface area (Å²) in [6.45, 7) is 7.98. The second-order valence-corrected chi connectivity index (χ2v) is 5.95. The number of benzene rings is 1. The van der Waals surface area contributed by atoms with Crippen LogP contribution in [-0.4, -0.2) is 25.1 Å². The van der Waals surface area contributed by atoms with Crippen molar-refractivity contribution < 1.29 is 9.53 Å². The molecule has 0 aromatic heterocycles. The molecule has 1 amide bonds. The molecule has 0 saturated heterocycles. The van der Waals surface area contributed by atoms with Gasteiger partial charge in [-0.25, -0.2) is 0 Å². The highest BCUT2D eigenvalue weighted by molar-refractivity contribution is 9.10. The van der Waals surface area contributed by atoms with Crippen LogP contribution >= 0.6 is 15.9 Å². The van der Waals surface area contributed by atoms with Crippen LogP contribution in [0.4, 0.5) is 0 Å². The van der Waals surface area contributed by atoms with Gasteiger partial charge in [0.05, 0.1) is 4.47 Å². The Kier molecular flexibility index (Phi) is 8.38. The van der Waals surface area contributed by atoms with E-state index in [-0.39, 0.29) is 18.6 Å². The van der Waals surface area contributed by atoms with Crippen molar-refractivity contribution in [3.63, 3.8) is 0 Å². The molecule has 1 aromatic rings. The van der Waals surface area contributed by atoms with Crippen molar-refractivity contribution in [2.75, 3.05) is 13.2 Å². The molecule has 5 heteroatoms. The van der Waals surface area contributed by atoms with Gasteiger partial charge in [0.15, 0.2) is 6.61 Å². The number of hydrogen-bond donors (Lipinski definition) is 2. The van der Waals surface area contributed by atoms with Crippen LogP contribution in [0.25, 0.3) is 0 Å². The van der Waals surface area contributed by atoms with Crippen LogP contribution in [0.3, 0.4) is 0 Å². The zero-order valence-corrected chi connectivity index (χ0v) is 14.6. The van der Waals surface area contributed by atoms with E-state index in [1.165, 1.54) is 5.56 Å². The minimum absolute atomic E-state index is 0.0409. The highest BCUT2D eigenvalue weighted by Gasteiger charge is 2.09. The van der Waals surface area contributed by atoms with E-state index in [1.807, 2.05) is 25.1 Å². The molecule has 4 nitrogen and oxygen atoms in total. The van der Waals surface area contributed by atoms with Gasteiger partial charge in [0.2, 0.25) is 0 Å². The summed E-state index contributed by atoms with van der Waals surface area (Å²) in [6, 6.07) is 6.09. The third-order valence-corrected chi connectivity index (χ3v) is 3.68. The molecule has 1 unspecified atom stereocenters. The molecule has 2 N–H and O–H groups in total. The summed E-state index contributed by atoms with van der Waals surface area (Å²) in [6.07, 6.45) is 2.04. The SMILES string of the molecule is CCCC(C)NC(=O)COc1ccc(CNCC)cc1Br. The number of hydrogen-bond acceptors (Lipinski definition) is 3. The number of ether oxygens (including phenoxy) is 1. The summed E-state index contributed by atoms with van der Waals surface area (Å²) >= 11 is 3.48. The van der Waals surface area contributed by atoms with Crippen LogP contribution in [0.5, 0.6) is 5.75 Å². The molecule has 0 aliphatic heterocycles.